The van der Waals surface area contributed by atoms with E-state index in [-0.39, 0.29) is 24.0 Å². The van der Waals surface area contributed by atoms with Gasteiger partial charge in [-0.05, 0) is 49.8 Å². The number of rotatable bonds is 4. The number of hydrogen-bond donors (Lipinski definition) is 0. The quantitative estimate of drug-likeness (QED) is 0.625. The maximum atomic E-state index is 13.3. The Hall–Kier alpha value is -2.05. The zero-order valence-electron chi connectivity index (χ0n) is 13.2. The van der Waals surface area contributed by atoms with Gasteiger partial charge in [0, 0.05) is 12.5 Å². The number of hydrogen-bond acceptors (Lipinski definition) is 3. The first kappa shape index (κ1) is 16.8. The maximum Gasteiger partial charge on any atom is 0.328 e. The van der Waals surface area contributed by atoms with Gasteiger partial charge in [-0.2, -0.15) is 0 Å². The van der Waals surface area contributed by atoms with Gasteiger partial charge in [-0.15, -0.1) is 0 Å². The van der Waals surface area contributed by atoms with E-state index in [0.29, 0.717) is 25.8 Å². The molecule has 7 heteroatoms. The van der Waals surface area contributed by atoms with E-state index in [1.165, 1.54) is 4.90 Å². The highest BCUT2D eigenvalue weighted by Crippen LogP contribution is 2.49. The van der Waals surface area contributed by atoms with Crippen molar-refractivity contribution in [3.63, 3.8) is 0 Å². The highest BCUT2D eigenvalue weighted by atomic mass is 19.2. The normalized spacial score (nSPS) is 25.7. The summed E-state index contributed by atoms with van der Waals surface area (Å²) in [6, 6.07) is 1.28. The van der Waals surface area contributed by atoms with Crippen LogP contribution in [0.4, 0.5) is 13.2 Å². The van der Waals surface area contributed by atoms with Crippen LogP contribution in [-0.4, -0.2) is 36.0 Å². The molecular weight excluding hydrogens is 323 g/mol. The molecule has 0 N–H and O–H groups in total. The molecule has 1 saturated carbocycles. The second kappa shape index (κ2) is 6.45. The van der Waals surface area contributed by atoms with Crippen LogP contribution in [0.5, 0.6) is 0 Å². The van der Waals surface area contributed by atoms with Gasteiger partial charge in [0.25, 0.3) is 0 Å². The predicted molar refractivity (Wildman–Crippen MR) is 78.5 cm³/mol. The molecule has 0 spiro atoms. The molecule has 1 aliphatic heterocycles. The van der Waals surface area contributed by atoms with Crippen LogP contribution in [0.3, 0.4) is 0 Å². The summed E-state index contributed by atoms with van der Waals surface area (Å²) in [4.78, 5) is 26.0. The van der Waals surface area contributed by atoms with Crippen molar-refractivity contribution in [2.24, 2.45) is 5.92 Å². The number of carbonyl (C=O) groups is 2. The van der Waals surface area contributed by atoms with Crippen LogP contribution in [0.1, 0.15) is 37.7 Å². The lowest BCUT2D eigenvalue weighted by molar-refractivity contribution is -0.153. The number of likely N-dealkylation sites (tertiary alicyclic amines) is 1. The van der Waals surface area contributed by atoms with Crippen molar-refractivity contribution in [1.82, 2.24) is 4.90 Å². The van der Waals surface area contributed by atoms with Gasteiger partial charge in [-0.1, -0.05) is 0 Å². The smallest absolute Gasteiger partial charge is 0.328 e. The fourth-order valence-electron chi connectivity index (χ4n) is 3.35. The van der Waals surface area contributed by atoms with Crippen LogP contribution in [0.15, 0.2) is 12.1 Å². The van der Waals surface area contributed by atoms with Gasteiger partial charge >= 0.3 is 5.97 Å². The van der Waals surface area contributed by atoms with E-state index in [9.17, 15) is 22.8 Å². The molecule has 2 aliphatic rings. The molecule has 3 rings (SSSR count). The molecule has 0 aromatic heterocycles. The van der Waals surface area contributed by atoms with Crippen LogP contribution < -0.4 is 0 Å². The monoisotopic (exact) mass is 341 g/mol. The number of amides is 1. The fourth-order valence-corrected chi connectivity index (χ4v) is 3.35. The number of esters is 1. The molecule has 0 radical (unpaired) electrons. The second-order valence-corrected chi connectivity index (χ2v) is 6.19. The Kier molecular flexibility index (Phi) is 4.51. The summed E-state index contributed by atoms with van der Waals surface area (Å²) in [6.07, 6.45) is 1.71. The van der Waals surface area contributed by atoms with Crippen molar-refractivity contribution in [2.45, 2.75) is 38.1 Å². The summed E-state index contributed by atoms with van der Waals surface area (Å²) in [5.74, 6) is -5.42. The number of benzene rings is 1. The summed E-state index contributed by atoms with van der Waals surface area (Å²) in [7, 11) is 0. The Labute approximate surface area is 137 Å². The molecule has 1 aromatic rings. The first-order valence-corrected chi connectivity index (χ1v) is 8.05. The first-order valence-electron chi connectivity index (χ1n) is 8.05. The molecule has 2 unspecified atom stereocenters. The minimum atomic E-state index is -1.51. The van der Waals surface area contributed by atoms with E-state index in [4.69, 9.17) is 4.74 Å². The third-order valence-corrected chi connectivity index (χ3v) is 4.64. The molecule has 1 amide bonds. The van der Waals surface area contributed by atoms with Crippen molar-refractivity contribution in [3.05, 3.63) is 35.1 Å². The van der Waals surface area contributed by atoms with Crippen molar-refractivity contribution in [2.75, 3.05) is 13.2 Å². The minimum absolute atomic E-state index is 0.208. The minimum Gasteiger partial charge on any atom is -0.464 e. The molecule has 3 atom stereocenters. The number of nitrogens with zero attached hydrogens (tertiary/aromatic N) is 1. The van der Waals surface area contributed by atoms with Crippen molar-refractivity contribution >= 4 is 11.9 Å². The van der Waals surface area contributed by atoms with E-state index in [1.54, 1.807) is 6.92 Å². The Morgan fingerprint density at radius 1 is 1.25 bits per heavy atom. The molecule has 4 nitrogen and oxygen atoms in total. The topological polar surface area (TPSA) is 46.6 Å². The lowest BCUT2D eigenvalue weighted by atomic mass is 10.1. The van der Waals surface area contributed by atoms with Gasteiger partial charge in [0.15, 0.2) is 17.5 Å². The molecule has 130 valence electrons. The third kappa shape index (κ3) is 2.99. The Bertz CT molecular complexity index is 656. The number of halogens is 3. The lowest BCUT2D eigenvalue weighted by Gasteiger charge is -2.23. The summed E-state index contributed by atoms with van der Waals surface area (Å²) in [6.45, 7) is 2.42. The van der Waals surface area contributed by atoms with Gasteiger partial charge in [-0.25, -0.2) is 18.0 Å². The van der Waals surface area contributed by atoms with Crippen LogP contribution in [0, 0.1) is 23.4 Å². The molecule has 1 heterocycles. The largest absolute Gasteiger partial charge is 0.464 e. The van der Waals surface area contributed by atoms with Gasteiger partial charge < -0.3 is 9.64 Å². The van der Waals surface area contributed by atoms with E-state index >= 15 is 0 Å². The van der Waals surface area contributed by atoms with Crippen molar-refractivity contribution in [1.29, 1.82) is 0 Å². The summed E-state index contributed by atoms with van der Waals surface area (Å²) in [5.41, 5.74) is 0.275. The van der Waals surface area contributed by atoms with Gasteiger partial charge in [0.1, 0.15) is 6.04 Å². The molecule has 1 aromatic carbocycles. The maximum absolute atomic E-state index is 13.3. The zero-order valence-corrected chi connectivity index (χ0v) is 13.2. The van der Waals surface area contributed by atoms with Gasteiger partial charge in [0.2, 0.25) is 5.91 Å². The average Bonchev–Trinajstić information content (AvgIpc) is 3.19. The molecule has 1 saturated heterocycles. The molecule has 1 aliphatic carbocycles. The SMILES string of the molecule is CCOC(=O)[C@H]1CCCN1C(=O)C1CC1c1cc(F)c(F)c(F)c1. The second-order valence-electron chi connectivity index (χ2n) is 6.19. The van der Waals surface area contributed by atoms with Crippen LogP contribution in [-0.2, 0) is 14.3 Å². The van der Waals surface area contributed by atoms with Crippen LogP contribution in [0.25, 0.3) is 0 Å². The highest BCUT2D eigenvalue weighted by molar-refractivity contribution is 5.88. The fraction of sp³-hybridized carbons (Fsp3) is 0.529. The third-order valence-electron chi connectivity index (χ3n) is 4.64. The average molecular weight is 341 g/mol. The summed E-state index contributed by atoms with van der Waals surface area (Å²) < 4.78 is 44.7. The lowest BCUT2D eigenvalue weighted by Crippen LogP contribution is -2.42. The van der Waals surface area contributed by atoms with Crippen molar-refractivity contribution in [3.8, 4) is 0 Å². The predicted octanol–water partition coefficient (Wildman–Crippen LogP) is 2.76. The Balaban J connectivity index is 1.70. The van der Waals surface area contributed by atoms with Gasteiger partial charge in [0.05, 0.1) is 6.61 Å². The Morgan fingerprint density at radius 2 is 1.92 bits per heavy atom. The number of carbonyl (C=O) groups excluding carboxylic acids is 2. The number of ether oxygens (including phenoxy) is 1. The summed E-state index contributed by atoms with van der Waals surface area (Å²) in [5, 5.41) is 0. The van der Waals surface area contributed by atoms with E-state index < -0.39 is 35.4 Å². The van der Waals surface area contributed by atoms with E-state index in [0.717, 1.165) is 12.1 Å². The van der Waals surface area contributed by atoms with Crippen LogP contribution in [0.2, 0.25) is 0 Å². The Morgan fingerprint density at radius 3 is 2.54 bits per heavy atom. The highest BCUT2D eigenvalue weighted by Gasteiger charge is 2.49. The standard InChI is InChI=1S/C17H18F3NO3/c1-2-24-17(23)14-4-3-5-21(14)16(22)11-8-10(11)9-6-12(18)15(20)13(19)7-9/h6-7,10-11,14H,2-5,8H2,1H3/t10?,11?,14-/m1/s1. The van der Waals surface area contributed by atoms with Crippen molar-refractivity contribution < 1.29 is 27.5 Å². The molecular formula is C17H18F3NO3. The first-order chi connectivity index (χ1) is 11.4. The zero-order chi connectivity index (χ0) is 17.4. The molecule has 24 heavy (non-hydrogen) atoms. The molecule has 2 fully saturated rings. The molecule has 0 bridgehead atoms. The van der Waals surface area contributed by atoms with Crippen LogP contribution >= 0.6 is 0 Å². The van der Waals surface area contributed by atoms with E-state index in [2.05, 4.69) is 0 Å². The van der Waals surface area contributed by atoms with E-state index in [1.807, 2.05) is 0 Å². The van der Waals surface area contributed by atoms with Gasteiger partial charge in [-0.3, -0.25) is 4.79 Å². The summed E-state index contributed by atoms with van der Waals surface area (Å²) >= 11 is 0.